The number of Topliss-reactive ketones (excluding diaryl/α,β-unsaturated/α-hetero) is 1. The lowest BCUT2D eigenvalue weighted by Crippen LogP contribution is -2.46. The quantitative estimate of drug-likeness (QED) is 0.870. The van der Waals surface area contributed by atoms with Crippen LogP contribution in [0.1, 0.15) is 36.6 Å². The van der Waals surface area contributed by atoms with Gasteiger partial charge in [0.2, 0.25) is 0 Å². The largest absolute Gasteiger partial charge is 0.342 e. The van der Waals surface area contributed by atoms with Gasteiger partial charge in [-0.3, -0.25) is 9.69 Å². The van der Waals surface area contributed by atoms with Crippen molar-refractivity contribution in [2.45, 2.75) is 31.7 Å². The van der Waals surface area contributed by atoms with Crippen LogP contribution in [0.25, 0.3) is 0 Å². The number of nitriles is 1. The summed E-state index contributed by atoms with van der Waals surface area (Å²) in [6, 6.07) is 14.3. The molecule has 1 aliphatic heterocycles. The molecule has 3 rings (SSSR count). The molecule has 1 saturated heterocycles. The van der Waals surface area contributed by atoms with E-state index in [-0.39, 0.29) is 11.2 Å². The van der Waals surface area contributed by atoms with E-state index in [1.165, 1.54) is 0 Å². The van der Waals surface area contributed by atoms with Gasteiger partial charge in [-0.15, -0.1) is 0 Å². The normalized spacial score (nSPS) is 17.4. The van der Waals surface area contributed by atoms with E-state index < -0.39 is 0 Å². The van der Waals surface area contributed by atoms with Crippen molar-refractivity contribution in [3.63, 3.8) is 0 Å². The van der Waals surface area contributed by atoms with E-state index in [9.17, 15) is 4.79 Å². The molecule has 0 spiro atoms. The van der Waals surface area contributed by atoms with Crippen LogP contribution in [0.4, 0.5) is 0 Å². The lowest BCUT2D eigenvalue weighted by molar-refractivity contribution is -0.124. The van der Waals surface area contributed by atoms with Crippen molar-refractivity contribution in [3.8, 4) is 6.07 Å². The van der Waals surface area contributed by atoms with E-state index in [0.717, 1.165) is 43.6 Å². The Morgan fingerprint density at radius 1 is 1.25 bits per heavy atom. The van der Waals surface area contributed by atoms with E-state index in [0.29, 0.717) is 5.69 Å². The first-order valence-electron chi connectivity index (χ1n) is 8.39. The third kappa shape index (κ3) is 3.00. The van der Waals surface area contributed by atoms with Crippen molar-refractivity contribution in [3.05, 3.63) is 59.4 Å². The summed E-state index contributed by atoms with van der Waals surface area (Å²) in [6.45, 7) is 4.34. The molecule has 2 heterocycles. The second-order valence-corrected chi connectivity index (χ2v) is 6.74. The summed E-state index contributed by atoms with van der Waals surface area (Å²) in [5.41, 5.74) is 2.64. The zero-order chi connectivity index (χ0) is 17.2. The number of rotatable bonds is 4. The van der Waals surface area contributed by atoms with Crippen LogP contribution in [0.15, 0.2) is 42.6 Å². The first-order chi connectivity index (χ1) is 11.5. The zero-order valence-corrected chi connectivity index (χ0v) is 14.3. The summed E-state index contributed by atoms with van der Waals surface area (Å²) in [5, 5.41) is 9.07. The summed E-state index contributed by atoms with van der Waals surface area (Å²) < 4.78 is 1.86. The van der Waals surface area contributed by atoms with E-state index in [4.69, 9.17) is 5.26 Å². The van der Waals surface area contributed by atoms with Gasteiger partial charge < -0.3 is 4.57 Å². The molecule has 1 aromatic carbocycles. The number of aryl methyl sites for hydroxylation is 1. The van der Waals surface area contributed by atoms with Gasteiger partial charge in [0.1, 0.15) is 17.5 Å². The maximum Gasteiger partial charge on any atom is 0.140 e. The molecule has 0 saturated carbocycles. The minimum absolute atomic E-state index is 0.264. The molecule has 0 aliphatic carbocycles. The number of hydrogen-bond donors (Lipinski definition) is 0. The Kier molecular flexibility index (Phi) is 4.55. The molecule has 24 heavy (non-hydrogen) atoms. The minimum Gasteiger partial charge on any atom is -0.342 e. The molecule has 1 aliphatic rings. The average molecular weight is 321 g/mol. The van der Waals surface area contributed by atoms with Crippen molar-refractivity contribution in [2.75, 3.05) is 13.1 Å². The number of aromatic nitrogens is 1. The first-order valence-corrected chi connectivity index (χ1v) is 8.39. The second kappa shape index (κ2) is 6.62. The van der Waals surface area contributed by atoms with Crippen LogP contribution in [0.5, 0.6) is 0 Å². The molecule has 0 unspecified atom stereocenters. The highest BCUT2D eigenvalue weighted by Crippen LogP contribution is 2.36. The molecule has 0 N–H and O–H groups in total. The third-order valence-electron chi connectivity index (χ3n) is 5.29. The van der Waals surface area contributed by atoms with Crippen LogP contribution in [0, 0.1) is 11.3 Å². The molecular weight excluding hydrogens is 298 g/mol. The van der Waals surface area contributed by atoms with Crippen molar-refractivity contribution >= 4 is 5.78 Å². The Bertz CT molecular complexity index is 762. The average Bonchev–Trinajstić information content (AvgIpc) is 2.95. The highest BCUT2D eigenvalue weighted by atomic mass is 16.1. The monoisotopic (exact) mass is 321 g/mol. The molecule has 1 aromatic heterocycles. The molecular formula is C20H23N3O. The molecule has 0 radical (unpaired) electrons. The van der Waals surface area contributed by atoms with Crippen LogP contribution in [-0.2, 0) is 23.8 Å². The number of benzene rings is 1. The summed E-state index contributed by atoms with van der Waals surface area (Å²) in [6.07, 6.45) is 3.72. The van der Waals surface area contributed by atoms with E-state index in [2.05, 4.69) is 23.1 Å². The van der Waals surface area contributed by atoms with Gasteiger partial charge in [0.05, 0.1) is 5.41 Å². The lowest BCUT2D eigenvalue weighted by atomic mass is 9.70. The van der Waals surface area contributed by atoms with Crippen LogP contribution >= 0.6 is 0 Å². The zero-order valence-electron chi connectivity index (χ0n) is 14.3. The summed E-state index contributed by atoms with van der Waals surface area (Å²) in [4.78, 5) is 14.8. The topological polar surface area (TPSA) is 49.0 Å². The van der Waals surface area contributed by atoms with Gasteiger partial charge in [-0.1, -0.05) is 30.3 Å². The van der Waals surface area contributed by atoms with Gasteiger partial charge in [0.15, 0.2) is 0 Å². The number of hydrogen-bond acceptors (Lipinski definition) is 3. The number of nitrogens with zero attached hydrogens (tertiary/aromatic N) is 3. The highest BCUT2D eigenvalue weighted by Gasteiger charge is 2.40. The number of likely N-dealkylation sites (tertiary alicyclic amines) is 1. The molecule has 0 atom stereocenters. The van der Waals surface area contributed by atoms with Gasteiger partial charge in [0.25, 0.3) is 0 Å². The van der Waals surface area contributed by atoms with Gasteiger partial charge in [-0.05, 0) is 50.0 Å². The maximum absolute atomic E-state index is 12.4. The fraction of sp³-hybridized carbons (Fsp3) is 0.400. The Hall–Kier alpha value is -2.38. The van der Waals surface area contributed by atoms with Gasteiger partial charge in [0, 0.05) is 19.8 Å². The first kappa shape index (κ1) is 16.5. The van der Waals surface area contributed by atoms with E-state index >= 15 is 0 Å². The predicted octanol–water partition coefficient (Wildman–Crippen LogP) is 3.02. The van der Waals surface area contributed by atoms with Gasteiger partial charge in [-0.2, -0.15) is 5.26 Å². The second-order valence-electron chi connectivity index (χ2n) is 6.74. The van der Waals surface area contributed by atoms with E-state index in [1.807, 2.05) is 42.1 Å². The smallest absolute Gasteiger partial charge is 0.140 e. The number of carbonyl (C=O) groups excluding carboxylic acids is 1. The van der Waals surface area contributed by atoms with Crippen LogP contribution < -0.4 is 0 Å². The molecule has 4 heteroatoms. The molecule has 4 nitrogen and oxygen atoms in total. The molecule has 2 aromatic rings. The van der Waals surface area contributed by atoms with Gasteiger partial charge in [-0.25, -0.2) is 0 Å². The van der Waals surface area contributed by atoms with Crippen molar-refractivity contribution in [2.24, 2.45) is 7.05 Å². The molecule has 124 valence electrons. The highest BCUT2D eigenvalue weighted by molar-refractivity contribution is 5.88. The van der Waals surface area contributed by atoms with Crippen LogP contribution in [0.3, 0.4) is 0 Å². The van der Waals surface area contributed by atoms with Crippen molar-refractivity contribution in [1.29, 1.82) is 5.26 Å². The van der Waals surface area contributed by atoms with Crippen molar-refractivity contribution in [1.82, 2.24) is 9.47 Å². The fourth-order valence-electron chi connectivity index (χ4n) is 3.78. The molecule has 0 bridgehead atoms. The fourth-order valence-corrected chi connectivity index (χ4v) is 3.78. The Labute approximate surface area is 143 Å². The Morgan fingerprint density at radius 2 is 1.92 bits per heavy atom. The van der Waals surface area contributed by atoms with Gasteiger partial charge >= 0.3 is 0 Å². The summed E-state index contributed by atoms with van der Waals surface area (Å²) in [7, 11) is 1.90. The summed E-state index contributed by atoms with van der Waals surface area (Å²) >= 11 is 0. The van der Waals surface area contributed by atoms with Crippen molar-refractivity contribution < 1.29 is 4.79 Å². The molecule has 1 fully saturated rings. The Balaban J connectivity index is 1.72. The SMILES string of the molecule is CC(=O)C1(c2ccccc2)CCN(Cc2cc(C#N)n(C)c2)CC1. The number of piperidine rings is 1. The third-order valence-corrected chi connectivity index (χ3v) is 5.29. The molecule has 0 amide bonds. The maximum atomic E-state index is 12.4. The van der Waals surface area contributed by atoms with Crippen LogP contribution in [0.2, 0.25) is 0 Å². The lowest BCUT2D eigenvalue weighted by Gasteiger charge is -2.40. The van der Waals surface area contributed by atoms with E-state index in [1.54, 1.807) is 6.92 Å². The standard InChI is InChI=1S/C20H23N3O/c1-16(24)20(18-6-4-3-5-7-18)8-10-23(11-9-20)15-17-12-19(13-21)22(2)14-17/h3-7,12,14H,8-11,15H2,1-2H3. The predicted molar refractivity (Wildman–Crippen MR) is 93.4 cm³/mol. The minimum atomic E-state index is -0.341. The number of carbonyl (C=O) groups is 1. The Morgan fingerprint density at radius 3 is 2.46 bits per heavy atom. The summed E-state index contributed by atoms with van der Waals surface area (Å²) in [5.74, 6) is 0.264. The van der Waals surface area contributed by atoms with Crippen LogP contribution in [-0.4, -0.2) is 28.3 Å². The number of ketones is 1.